The number of hydrogen-bond acceptors (Lipinski definition) is 6. The second-order valence-corrected chi connectivity index (χ2v) is 11.8. The first-order valence-electron chi connectivity index (χ1n) is 12.8. The van der Waals surface area contributed by atoms with E-state index in [4.69, 9.17) is 14.2 Å². The summed E-state index contributed by atoms with van der Waals surface area (Å²) in [6.07, 6.45) is 6.53. The summed E-state index contributed by atoms with van der Waals surface area (Å²) in [6, 6.07) is 3.66. The molecule has 2 aliphatic heterocycles. The SMILES string of the molecule is C[C@H]1C[C@@H]1COc1ccc2ncc(F)c(CCC34CCC(NC(=O)OC(C)(C)C)(CC3)CO4)c2n1. The third-order valence-electron chi connectivity index (χ3n) is 7.83. The maximum Gasteiger partial charge on any atom is 0.408 e. The topological polar surface area (TPSA) is 82.6 Å². The van der Waals surface area contributed by atoms with Crippen molar-refractivity contribution in [1.29, 1.82) is 0 Å². The summed E-state index contributed by atoms with van der Waals surface area (Å²) >= 11 is 0. The van der Waals surface area contributed by atoms with Crippen LogP contribution in [0.1, 0.15) is 71.8 Å². The average Bonchev–Trinajstić information content (AvgIpc) is 3.51. The summed E-state index contributed by atoms with van der Waals surface area (Å²) in [7, 11) is 0. The van der Waals surface area contributed by atoms with Gasteiger partial charge >= 0.3 is 6.09 Å². The van der Waals surface area contributed by atoms with Gasteiger partial charge in [-0.15, -0.1) is 0 Å². The first kappa shape index (κ1) is 24.2. The molecule has 6 rings (SSSR count). The lowest BCUT2D eigenvalue weighted by atomic mass is 9.69. The van der Waals surface area contributed by atoms with Gasteiger partial charge in [0.2, 0.25) is 5.88 Å². The van der Waals surface area contributed by atoms with Crippen molar-refractivity contribution < 1.29 is 23.4 Å². The number of alkyl carbamates (subject to hydrolysis) is 1. The van der Waals surface area contributed by atoms with Crippen LogP contribution in [0.2, 0.25) is 0 Å². The number of amides is 1. The highest BCUT2D eigenvalue weighted by molar-refractivity contribution is 5.78. The molecule has 0 spiro atoms. The van der Waals surface area contributed by atoms with Crippen molar-refractivity contribution >= 4 is 17.1 Å². The maximum absolute atomic E-state index is 14.9. The van der Waals surface area contributed by atoms with Crippen molar-refractivity contribution in [3.8, 4) is 5.88 Å². The Bertz CT molecular complexity index is 1090. The van der Waals surface area contributed by atoms with Gasteiger partial charge in [0.15, 0.2) is 0 Å². The minimum Gasteiger partial charge on any atom is -0.477 e. The molecule has 0 aromatic carbocycles. The van der Waals surface area contributed by atoms with Crippen LogP contribution in [0.4, 0.5) is 9.18 Å². The van der Waals surface area contributed by atoms with Crippen LogP contribution >= 0.6 is 0 Å². The summed E-state index contributed by atoms with van der Waals surface area (Å²) in [5.41, 5.74) is 0.560. The Hall–Kier alpha value is -2.48. The first-order valence-corrected chi connectivity index (χ1v) is 12.8. The number of aromatic nitrogens is 2. The van der Waals surface area contributed by atoms with E-state index in [1.807, 2.05) is 32.9 Å². The molecule has 4 heterocycles. The smallest absolute Gasteiger partial charge is 0.408 e. The zero-order chi connectivity index (χ0) is 24.8. The van der Waals surface area contributed by atoms with Gasteiger partial charge in [-0.3, -0.25) is 4.98 Å². The number of hydrogen-bond donors (Lipinski definition) is 1. The molecule has 1 amide bonds. The van der Waals surface area contributed by atoms with Gasteiger partial charge < -0.3 is 19.5 Å². The Morgan fingerprint density at radius 1 is 1.26 bits per heavy atom. The van der Waals surface area contributed by atoms with Crippen LogP contribution in [0.3, 0.4) is 0 Å². The number of fused-ring (bicyclic) bond motifs is 4. The van der Waals surface area contributed by atoms with Crippen LogP contribution in [0.25, 0.3) is 11.0 Å². The van der Waals surface area contributed by atoms with E-state index in [9.17, 15) is 9.18 Å². The fraction of sp³-hybridized carbons (Fsp3) is 0.667. The molecule has 2 saturated carbocycles. The number of ether oxygens (including phenoxy) is 3. The zero-order valence-corrected chi connectivity index (χ0v) is 21.2. The number of aryl methyl sites for hydroxylation is 1. The minimum absolute atomic E-state index is 0.310. The third-order valence-corrected chi connectivity index (χ3v) is 7.83. The van der Waals surface area contributed by atoms with Crippen molar-refractivity contribution in [3.63, 3.8) is 0 Å². The van der Waals surface area contributed by atoms with E-state index >= 15 is 0 Å². The van der Waals surface area contributed by atoms with Crippen LogP contribution in [0.15, 0.2) is 18.3 Å². The number of rotatable bonds is 7. The lowest BCUT2D eigenvalue weighted by Gasteiger charge is -2.53. The van der Waals surface area contributed by atoms with E-state index in [1.165, 1.54) is 12.6 Å². The Labute approximate surface area is 206 Å². The molecular weight excluding hydrogens is 449 g/mol. The van der Waals surface area contributed by atoms with Gasteiger partial charge in [-0.25, -0.2) is 14.2 Å². The van der Waals surface area contributed by atoms with Gasteiger partial charge in [-0.1, -0.05) is 6.92 Å². The van der Waals surface area contributed by atoms with E-state index < -0.39 is 11.7 Å². The van der Waals surface area contributed by atoms with E-state index in [1.54, 1.807) is 0 Å². The molecule has 2 aromatic rings. The van der Waals surface area contributed by atoms with Crippen LogP contribution in [0.5, 0.6) is 5.88 Å². The van der Waals surface area contributed by atoms with Crippen LogP contribution in [-0.4, -0.2) is 46.0 Å². The Kier molecular flexibility index (Phi) is 6.14. The lowest BCUT2D eigenvalue weighted by molar-refractivity contribution is -0.163. The molecule has 2 atom stereocenters. The van der Waals surface area contributed by atoms with Gasteiger partial charge in [0.05, 0.1) is 41.6 Å². The number of nitrogens with one attached hydrogen (secondary N) is 1. The highest BCUT2D eigenvalue weighted by Crippen LogP contribution is 2.46. The number of halogens is 1. The van der Waals surface area contributed by atoms with Crippen molar-refractivity contribution in [1.82, 2.24) is 15.3 Å². The molecule has 4 aliphatic rings. The molecule has 0 radical (unpaired) electrons. The number of pyridine rings is 2. The summed E-state index contributed by atoms with van der Waals surface area (Å²) < 4.78 is 32.6. The fourth-order valence-electron chi connectivity index (χ4n) is 5.34. The molecule has 8 heteroatoms. The highest BCUT2D eigenvalue weighted by atomic mass is 19.1. The first-order chi connectivity index (χ1) is 16.6. The summed E-state index contributed by atoms with van der Waals surface area (Å²) in [4.78, 5) is 21.2. The standard InChI is InChI=1S/C27H36FN3O4/c1-17-13-18(17)15-33-22-6-5-21-23(30-22)19(20(28)14-29-21)7-8-27-11-9-26(10-12-27,16-34-27)31-24(32)35-25(2,3)4/h5-6,14,17-18H,7-13,15-16H2,1-4H3,(H,31,32)/t17-,18+,26?,27?/m0/s1. The molecule has 35 heavy (non-hydrogen) atoms. The van der Waals surface area contributed by atoms with Crippen LogP contribution in [0, 0.1) is 17.7 Å². The van der Waals surface area contributed by atoms with Gasteiger partial charge in [0, 0.05) is 11.6 Å². The molecule has 2 bridgehead atoms. The zero-order valence-electron chi connectivity index (χ0n) is 21.2. The maximum atomic E-state index is 14.9. The van der Waals surface area contributed by atoms with Crippen molar-refractivity contribution in [3.05, 3.63) is 29.7 Å². The Morgan fingerprint density at radius 3 is 2.63 bits per heavy atom. The lowest BCUT2D eigenvalue weighted by Crippen LogP contribution is -2.63. The summed E-state index contributed by atoms with van der Waals surface area (Å²) in [5.74, 6) is 1.46. The van der Waals surface area contributed by atoms with Crippen molar-refractivity contribution in [2.45, 2.75) is 89.4 Å². The molecule has 2 saturated heterocycles. The van der Waals surface area contributed by atoms with E-state index in [2.05, 4.69) is 22.2 Å². The largest absolute Gasteiger partial charge is 0.477 e. The van der Waals surface area contributed by atoms with E-state index in [-0.39, 0.29) is 17.0 Å². The third kappa shape index (κ3) is 5.37. The van der Waals surface area contributed by atoms with Gasteiger partial charge in [0.25, 0.3) is 0 Å². The minimum atomic E-state index is -0.540. The van der Waals surface area contributed by atoms with Crippen molar-refractivity contribution in [2.24, 2.45) is 11.8 Å². The quantitative estimate of drug-likeness (QED) is 0.570. The van der Waals surface area contributed by atoms with Crippen molar-refractivity contribution in [2.75, 3.05) is 13.2 Å². The van der Waals surface area contributed by atoms with E-state index in [0.717, 1.165) is 25.7 Å². The van der Waals surface area contributed by atoms with Gasteiger partial charge in [0.1, 0.15) is 11.4 Å². The van der Waals surface area contributed by atoms with E-state index in [0.29, 0.717) is 60.4 Å². The molecule has 0 unspecified atom stereocenters. The van der Waals surface area contributed by atoms with Crippen LogP contribution < -0.4 is 10.1 Å². The predicted octanol–water partition coefficient (Wildman–Crippen LogP) is 5.34. The predicted molar refractivity (Wildman–Crippen MR) is 130 cm³/mol. The molecular formula is C27H36FN3O4. The summed E-state index contributed by atoms with van der Waals surface area (Å²) in [6.45, 7) is 8.87. The molecule has 1 N–H and O–H groups in total. The molecule has 190 valence electrons. The molecule has 2 aromatic heterocycles. The molecule has 4 fully saturated rings. The number of carbonyl (C=O) groups is 1. The van der Waals surface area contributed by atoms with Crippen LogP contribution in [-0.2, 0) is 15.9 Å². The molecule has 7 nitrogen and oxygen atoms in total. The second-order valence-electron chi connectivity index (χ2n) is 11.8. The summed E-state index contributed by atoms with van der Waals surface area (Å²) in [5, 5.41) is 3.06. The fourth-order valence-corrected chi connectivity index (χ4v) is 5.34. The Morgan fingerprint density at radius 2 is 2.00 bits per heavy atom. The number of carbonyl (C=O) groups excluding carboxylic acids is 1. The molecule has 2 aliphatic carbocycles. The highest BCUT2D eigenvalue weighted by Gasteiger charge is 2.50. The van der Waals surface area contributed by atoms with Gasteiger partial charge in [-0.05, 0) is 83.6 Å². The number of nitrogens with zero attached hydrogens (tertiary/aromatic N) is 2. The Balaban J connectivity index is 1.24. The normalized spacial score (nSPS) is 29.7. The van der Waals surface area contributed by atoms with Gasteiger partial charge in [-0.2, -0.15) is 0 Å². The average molecular weight is 486 g/mol. The monoisotopic (exact) mass is 485 g/mol. The second kappa shape index (κ2) is 8.87.